The van der Waals surface area contributed by atoms with Crippen molar-refractivity contribution >= 4 is 47.5 Å². The van der Waals surface area contributed by atoms with E-state index < -0.39 is 31.6 Å². The number of rotatable bonds is 8. The summed E-state index contributed by atoms with van der Waals surface area (Å²) in [6.45, 7) is 5.28. The Hall–Kier alpha value is -3.05. The van der Waals surface area contributed by atoms with Crippen LogP contribution in [0.5, 0.6) is 5.75 Å². The van der Waals surface area contributed by atoms with Crippen LogP contribution in [0.1, 0.15) is 34.8 Å². The molecule has 10 heteroatoms. The molecule has 216 valence electrons. The van der Waals surface area contributed by atoms with Gasteiger partial charge in [0.2, 0.25) is 8.41 Å². The molecule has 0 aliphatic carbocycles. The van der Waals surface area contributed by atoms with Gasteiger partial charge in [-0.15, -0.1) is 0 Å². The van der Waals surface area contributed by atoms with Gasteiger partial charge in [0.1, 0.15) is 5.75 Å². The molecule has 1 saturated heterocycles. The molecule has 3 aromatic rings. The first kappa shape index (κ1) is 29.4. The molecule has 7 nitrogen and oxygen atoms in total. The molecule has 0 saturated carbocycles. The Balaban J connectivity index is 1.45. The number of hydrogen-bond donors (Lipinski definition) is 2. The standard InChI is InChI=1S/C31H34BrFN2O5Si/c1-19-28(41(3,4)33)27(14-15-36)40-31(19)25-17-22(32)10-13-26(25)35(30(31)38)18-20-6-5-7-23(16-20)34-29(37)21-8-11-24(39-2)12-9-21/h5-13,16-17,19,27-28,36H,14-15,18H2,1-4H3,(H,34,37)/t19-,27+,28-,31+/m0/s1. The lowest BCUT2D eigenvalue weighted by atomic mass is 9.82. The monoisotopic (exact) mass is 640 g/mol. The third kappa shape index (κ3) is 5.34. The van der Waals surface area contributed by atoms with Gasteiger partial charge < -0.3 is 28.9 Å². The van der Waals surface area contributed by atoms with Crippen molar-refractivity contribution in [3.8, 4) is 5.75 Å². The summed E-state index contributed by atoms with van der Waals surface area (Å²) < 4.78 is 28.2. The number of nitrogens with one attached hydrogen (secondary N) is 1. The number of methoxy groups -OCH3 is 1. The van der Waals surface area contributed by atoms with Gasteiger partial charge in [-0.25, -0.2) is 0 Å². The Morgan fingerprint density at radius 3 is 2.56 bits per heavy atom. The van der Waals surface area contributed by atoms with Gasteiger partial charge >= 0.3 is 0 Å². The molecule has 3 aromatic carbocycles. The molecule has 2 aliphatic heterocycles. The van der Waals surface area contributed by atoms with E-state index in [1.165, 1.54) is 0 Å². The minimum absolute atomic E-state index is 0.146. The van der Waals surface area contributed by atoms with E-state index in [1.807, 2.05) is 43.3 Å². The average Bonchev–Trinajstić information content (AvgIpc) is 3.35. The Morgan fingerprint density at radius 2 is 1.90 bits per heavy atom. The molecule has 0 unspecified atom stereocenters. The number of halogens is 2. The third-order valence-corrected chi connectivity index (χ3v) is 11.2. The Kier molecular flexibility index (Phi) is 8.13. The van der Waals surface area contributed by atoms with Gasteiger partial charge in [-0.2, -0.15) is 0 Å². The fourth-order valence-electron chi connectivity index (χ4n) is 6.45. The number of aliphatic hydroxyl groups is 1. The zero-order valence-corrected chi connectivity index (χ0v) is 26.1. The van der Waals surface area contributed by atoms with Crippen molar-refractivity contribution in [3.05, 3.63) is 87.9 Å². The lowest BCUT2D eigenvalue weighted by molar-refractivity contribution is -0.146. The third-order valence-electron chi connectivity index (χ3n) is 8.21. The van der Waals surface area contributed by atoms with Crippen LogP contribution in [-0.4, -0.2) is 45.1 Å². The summed E-state index contributed by atoms with van der Waals surface area (Å²) in [5, 5.41) is 12.7. The number of carbonyl (C=O) groups is 2. The highest BCUT2D eigenvalue weighted by Crippen LogP contribution is 2.60. The summed E-state index contributed by atoms with van der Waals surface area (Å²) in [5.74, 6) is -0.264. The Morgan fingerprint density at radius 1 is 1.17 bits per heavy atom. The normalized spacial score (nSPS) is 23.6. The number of amides is 2. The number of carbonyl (C=O) groups excluding carboxylic acids is 2. The zero-order valence-electron chi connectivity index (χ0n) is 23.5. The summed E-state index contributed by atoms with van der Waals surface area (Å²) in [6, 6.07) is 19.8. The fourth-order valence-corrected chi connectivity index (χ4v) is 9.35. The Labute approximate surface area is 249 Å². The van der Waals surface area contributed by atoms with Crippen LogP contribution in [0.15, 0.2) is 71.2 Å². The number of hydrogen-bond acceptors (Lipinski definition) is 5. The maximum atomic E-state index is 15.7. The molecule has 0 bridgehead atoms. The molecule has 2 heterocycles. The van der Waals surface area contributed by atoms with Crippen molar-refractivity contribution in [1.29, 1.82) is 0 Å². The van der Waals surface area contributed by atoms with Crippen LogP contribution in [0, 0.1) is 5.92 Å². The van der Waals surface area contributed by atoms with Crippen molar-refractivity contribution in [2.24, 2.45) is 5.92 Å². The van der Waals surface area contributed by atoms with Crippen molar-refractivity contribution in [3.63, 3.8) is 0 Å². The van der Waals surface area contributed by atoms with Crippen molar-refractivity contribution in [1.82, 2.24) is 0 Å². The topological polar surface area (TPSA) is 88.1 Å². The quantitative estimate of drug-likeness (QED) is 0.219. The van der Waals surface area contributed by atoms with Gasteiger partial charge in [-0.3, -0.25) is 9.59 Å². The molecular formula is C31H34BrFN2O5Si. The molecule has 41 heavy (non-hydrogen) atoms. The summed E-state index contributed by atoms with van der Waals surface area (Å²) in [7, 11) is -1.70. The SMILES string of the molecule is COc1ccc(C(=O)Nc2cccc(CN3C(=O)[C@]4(O[C@H](CCO)[C@@H]([Si](C)(C)F)[C@@H]4C)c4cc(Br)ccc43)c2)cc1. The fraction of sp³-hybridized carbons (Fsp3) is 0.355. The molecule has 2 N–H and O–H groups in total. The van der Waals surface area contributed by atoms with Crippen LogP contribution in [0.3, 0.4) is 0 Å². The van der Waals surface area contributed by atoms with Gasteiger partial charge in [0.05, 0.1) is 25.4 Å². The van der Waals surface area contributed by atoms with E-state index >= 15 is 4.11 Å². The van der Waals surface area contributed by atoms with Crippen LogP contribution >= 0.6 is 15.9 Å². The van der Waals surface area contributed by atoms with Crippen LogP contribution in [-0.2, 0) is 21.7 Å². The van der Waals surface area contributed by atoms with Gasteiger partial charge in [0.15, 0.2) is 5.60 Å². The number of nitrogens with zero attached hydrogens (tertiary/aromatic N) is 1. The first-order valence-corrected chi connectivity index (χ1v) is 17.4. The molecule has 0 radical (unpaired) electrons. The molecule has 1 fully saturated rings. The largest absolute Gasteiger partial charge is 0.497 e. The minimum Gasteiger partial charge on any atom is -0.497 e. The number of benzene rings is 3. The maximum absolute atomic E-state index is 15.7. The number of ether oxygens (including phenoxy) is 2. The molecular weight excluding hydrogens is 607 g/mol. The van der Waals surface area contributed by atoms with E-state index in [2.05, 4.69) is 21.2 Å². The van der Waals surface area contributed by atoms with Gasteiger partial charge in [0, 0.05) is 39.4 Å². The minimum atomic E-state index is -3.26. The Bertz CT molecular complexity index is 1460. The lowest BCUT2D eigenvalue weighted by Crippen LogP contribution is -2.45. The van der Waals surface area contributed by atoms with Crippen LogP contribution in [0.25, 0.3) is 0 Å². The van der Waals surface area contributed by atoms with E-state index in [0.717, 1.165) is 10.0 Å². The van der Waals surface area contributed by atoms with Crippen LogP contribution < -0.4 is 15.0 Å². The number of fused-ring (bicyclic) bond motifs is 2. The zero-order chi connectivity index (χ0) is 29.5. The van der Waals surface area contributed by atoms with Crippen molar-refractivity contribution < 1.29 is 28.3 Å². The van der Waals surface area contributed by atoms with E-state index in [9.17, 15) is 14.7 Å². The first-order valence-electron chi connectivity index (χ1n) is 13.6. The molecule has 2 aliphatic rings. The summed E-state index contributed by atoms with van der Waals surface area (Å²) in [6.07, 6.45) is -0.294. The summed E-state index contributed by atoms with van der Waals surface area (Å²) >= 11 is 3.54. The second kappa shape index (κ2) is 11.3. The van der Waals surface area contributed by atoms with Gasteiger partial charge in [-0.1, -0.05) is 35.0 Å². The van der Waals surface area contributed by atoms with Gasteiger partial charge in [0.25, 0.3) is 11.8 Å². The van der Waals surface area contributed by atoms with E-state index in [-0.39, 0.29) is 31.4 Å². The van der Waals surface area contributed by atoms with Gasteiger partial charge in [-0.05, 0) is 79.7 Å². The maximum Gasteiger partial charge on any atom is 0.264 e. The highest BCUT2D eigenvalue weighted by molar-refractivity contribution is 9.10. The predicted octanol–water partition coefficient (Wildman–Crippen LogP) is 6.41. The number of anilines is 2. The molecule has 2 amide bonds. The van der Waals surface area contributed by atoms with E-state index in [0.29, 0.717) is 28.3 Å². The average molecular weight is 642 g/mol. The van der Waals surface area contributed by atoms with Crippen LogP contribution in [0.4, 0.5) is 15.5 Å². The second-order valence-corrected chi connectivity index (χ2v) is 15.9. The smallest absolute Gasteiger partial charge is 0.264 e. The highest BCUT2D eigenvalue weighted by Gasteiger charge is 2.66. The lowest BCUT2D eigenvalue weighted by Gasteiger charge is -2.31. The molecule has 4 atom stereocenters. The molecule has 5 rings (SSSR count). The highest BCUT2D eigenvalue weighted by atomic mass is 79.9. The molecule has 1 spiro atoms. The first-order chi connectivity index (χ1) is 19.5. The van der Waals surface area contributed by atoms with E-state index in [1.54, 1.807) is 55.4 Å². The number of aliphatic hydroxyl groups excluding tert-OH is 1. The van der Waals surface area contributed by atoms with Crippen LogP contribution in [0.2, 0.25) is 18.6 Å². The summed E-state index contributed by atoms with van der Waals surface area (Å²) in [5.41, 5.74) is 1.51. The molecule has 0 aromatic heterocycles. The van der Waals surface area contributed by atoms with E-state index in [4.69, 9.17) is 9.47 Å². The summed E-state index contributed by atoms with van der Waals surface area (Å²) in [4.78, 5) is 28.9. The second-order valence-electron chi connectivity index (χ2n) is 11.2. The predicted molar refractivity (Wildman–Crippen MR) is 162 cm³/mol. The van der Waals surface area contributed by atoms with Crippen molar-refractivity contribution in [2.75, 3.05) is 23.9 Å². The van der Waals surface area contributed by atoms with Crippen molar-refractivity contribution in [2.45, 2.75) is 50.2 Å².